The lowest BCUT2D eigenvalue weighted by molar-refractivity contribution is -0.139. The van der Waals surface area contributed by atoms with Crippen LogP contribution < -0.4 is 4.74 Å². The van der Waals surface area contributed by atoms with E-state index >= 15 is 0 Å². The van der Waals surface area contributed by atoms with Crippen LogP contribution in [0, 0.1) is 5.92 Å². The number of likely N-dealkylation sites (tertiary alicyclic amines) is 2. The van der Waals surface area contributed by atoms with Gasteiger partial charge in [-0.2, -0.15) is 0 Å². The highest BCUT2D eigenvalue weighted by Crippen LogP contribution is 2.34. The van der Waals surface area contributed by atoms with Crippen molar-refractivity contribution in [1.29, 1.82) is 0 Å². The number of amides is 2. The van der Waals surface area contributed by atoms with E-state index in [2.05, 4.69) is 17.0 Å². The number of piperidine rings is 1. The molecule has 0 radical (unpaired) electrons. The molecule has 1 atom stereocenters. The van der Waals surface area contributed by atoms with Crippen molar-refractivity contribution in [3.05, 3.63) is 54.0 Å². The Hall–Kier alpha value is -2.76. The first-order chi connectivity index (χ1) is 14.7. The first-order valence-electron chi connectivity index (χ1n) is 10.9. The highest BCUT2D eigenvalue weighted by molar-refractivity contribution is 5.91. The Morgan fingerprint density at radius 1 is 0.967 bits per heavy atom. The highest BCUT2D eigenvalue weighted by atomic mass is 16.5. The Labute approximate surface area is 177 Å². The smallest absolute Gasteiger partial charge is 0.289 e. The van der Waals surface area contributed by atoms with E-state index in [1.165, 1.54) is 11.8 Å². The Bertz CT molecular complexity index is 839. The van der Waals surface area contributed by atoms with Gasteiger partial charge in [-0.3, -0.25) is 9.59 Å². The molecule has 1 aromatic heterocycles. The molecule has 0 aliphatic carbocycles. The molecule has 0 unspecified atom stereocenters. The minimum Gasteiger partial charge on any atom is -0.497 e. The van der Waals surface area contributed by atoms with Crippen LogP contribution in [-0.2, 0) is 4.79 Å². The minimum absolute atomic E-state index is 0.0236. The summed E-state index contributed by atoms with van der Waals surface area (Å²) in [6, 6.07) is 11.6. The van der Waals surface area contributed by atoms with Crippen LogP contribution in [0.2, 0.25) is 0 Å². The molecule has 2 fully saturated rings. The Kier molecular flexibility index (Phi) is 6.41. The van der Waals surface area contributed by atoms with E-state index in [1.54, 1.807) is 24.1 Å². The van der Waals surface area contributed by atoms with Crippen molar-refractivity contribution in [3.63, 3.8) is 0 Å². The highest BCUT2D eigenvalue weighted by Gasteiger charge is 2.34. The monoisotopic (exact) mass is 410 g/mol. The van der Waals surface area contributed by atoms with E-state index in [9.17, 15) is 9.59 Å². The number of carbonyl (C=O) groups is 2. The van der Waals surface area contributed by atoms with Crippen LogP contribution in [0.25, 0.3) is 0 Å². The molecule has 1 aromatic carbocycles. The third kappa shape index (κ3) is 4.37. The summed E-state index contributed by atoms with van der Waals surface area (Å²) in [5.74, 6) is 1.33. The van der Waals surface area contributed by atoms with Gasteiger partial charge in [-0.15, -0.1) is 0 Å². The normalized spacial score (nSPS) is 20.6. The van der Waals surface area contributed by atoms with E-state index in [1.807, 2.05) is 12.1 Å². The van der Waals surface area contributed by atoms with Crippen molar-refractivity contribution in [2.75, 3.05) is 26.7 Å². The van der Waals surface area contributed by atoms with Gasteiger partial charge in [0.1, 0.15) is 5.75 Å². The molecule has 3 heterocycles. The minimum atomic E-state index is -0.0863. The molecular weight excluding hydrogens is 380 g/mol. The largest absolute Gasteiger partial charge is 0.497 e. The molecule has 6 nitrogen and oxygen atoms in total. The lowest BCUT2D eigenvalue weighted by Crippen LogP contribution is -2.45. The molecule has 2 aliphatic heterocycles. The SMILES string of the molecule is COc1ccc([C@@H]2CCCCCN2C(=O)C2CCN(C(=O)c3ccco3)CC2)cc1. The van der Waals surface area contributed by atoms with Crippen LogP contribution in [0.4, 0.5) is 0 Å². The molecule has 2 aromatic rings. The lowest BCUT2D eigenvalue weighted by atomic mass is 9.93. The fourth-order valence-electron chi connectivity index (χ4n) is 4.66. The average molecular weight is 411 g/mol. The van der Waals surface area contributed by atoms with Crippen molar-refractivity contribution in [2.24, 2.45) is 5.92 Å². The predicted octanol–water partition coefficient (Wildman–Crippen LogP) is 4.28. The van der Waals surface area contributed by atoms with Crippen LogP contribution in [0.5, 0.6) is 5.75 Å². The predicted molar refractivity (Wildman–Crippen MR) is 113 cm³/mol. The number of hydrogen-bond acceptors (Lipinski definition) is 4. The van der Waals surface area contributed by atoms with Crippen molar-refractivity contribution >= 4 is 11.8 Å². The maximum absolute atomic E-state index is 13.5. The summed E-state index contributed by atoms with van der Waals surface area (Å²) in [4.78, 5) is 29.9. The maximum atomic E-state index is 13.5. The van der Waals surface area contributed by atoms with Gasteiger partial charge in [0.2, 0.25) is 5.91 Å². The molecule has 160 valence electrons. The van der Waals surface area contributed by atoms with E-state index in [0.717, 1.165) is 38.0 Å². The number of ether oxygens (including phenoxy) is 1. The molecule has 0 N–H and O–H groups in total. The zero-order valence-electron chi connectivity index (χ0n) is 17.6. The summed E-state index contributed by atoms with van der Waals surface area (Å²) in [5.41, 5.74) is 1.18. The molecule has 0 saturated carbocycles. The molecule has 2 amide bonds. The topological polar surface area (TPSA) is 63.0 Å². The molecule has 0 spiro atoms. The summed E-state index contributed by atoms with van der Waals surface area (Å²) in [7, 11) is 1.67. The summed E-state index contributed by atoms with van der Waals surface area (Å²) >= 11 is 0. The molecule has 4 rings (SSSR count). The van der Waals surface area contributed by atoms with Gasteiger partial charge in [-0.25, -0.2) is 0 Å². The van der Waals surface area contributed by atoms with Crippen LogP contribution in [-0.4, -0.2) is 48.4 Å². The Morgan fingerprint density at radius 3 is 2.40 bits per heavy atom. The Morgan fingerprint density at radius 2 is 1.73 bits per heavy atom. The van der Waals surface area contributed by atoms with Gasteiger partial charge in [-0.05, 0) is 55.5 Å². The van der Waals surface area contributed by atoms with Gasteiger partial charge in [-0.1, -0.05) is 25.0 Å². The summed E-state index contributed by atoms with van der Waals surface area (Å²) in [6.07, 6.45) is 7.27. The first kappa shape index (κ1) is 20.5. The quantitative estimate of drug-likeness (QED) is 0.755. The summed E-state index contributed by atoms with van der Waals surface area (Å²) in [6.45, 7) is 2.00. The molecular formula is C24H30N2O4. The number of methoxy groups -OCH3 is 1. The molecule has 6 heteroatoms. The number of rotatable bonds is 4. The second kappa shape index (κ2) is 9.37. The third-order valence-electron chi connectivity index (χ3n) is 6.40. The standard InChI is InChI=1S/C24H30N2O4/c1-29-20-10-8-18(9-11-20)21-6-3-2-4-14-26(21)23(27)19-12-15-25(16-13-19)24(28)22-7-5-17-30-22/h5,7-11,17,19,21H,2-4,6,12-16H2,1H3/t21-/m0/s1. The molecule has 30 heavy (non-hydrogen) atoms. The number of hydrogen-bond donors (Lipinski definition) is 0. The van der Waals surface area contributed by atoms with Crippen LogP contribution in [0.15, 0.2) is 47.1 Å². The third-order valence-corrected chi connectivity index (χ3v) is 6.40. The maximum Gasteiger partial charge on any atom is 0.289 e. The van der Waals surface area contributed by atoms with Crippen LogP contribution >= 0.6 is 0 Å². The van der Waals surface area contributed by atoms with Gasteiger partial charge >= 0.3 is 0 Å². The zero-order valence-corrected chi connectivity index (χ0v) is 17.6. The molecule has 2 aliphatic rings. The van der Waals surface area contributed by atoms with Crippen LogP contribution in [0.3, 0.4) is 0 Å². The lowest BCUT2D eigenvalue weighted by Gasteiger charge is -2.37. The van der Waals surface area contributed by atoms with Crippen molar-refractivity contribution in [3.8, 4) is 5.75 Å². The van der Waals surface area contributed by atoms with Gasteiger partial charge in [0.15, 0.2) is 5.76 Å². The van der Waals surface area contributed by atoms with Crippen molar-refractivity contribution < 1.29 is 18.7 Å². The second-order valence-electron chi connectivity index (χ2n) is 8.21. The van der Waals surface area contributed by atoms with Gasteiger partial charge in [0.05, 0.1) is 19.4 Å². The fraction of sp³-hybridized carbons (Fsp3) is 0.500. The van der Waals surface area contributed by atoms with Crippen LogP contribution in [0.1, 0.15) is 60.7 Å². The average Bonchev–Trinajstić information content (AvgIpc) is 3.23. The van der Waals surface area contributed by atoms with Crippen molar-refractivity contribution in [1.82, 2.24) is 9.80 Å². The number of nitrogens with zero attached hydrogens (tertiary/aromatic N) is 2. The van der Waals surface area contributed by atoms with E-state index in [0.29, 0.717) is 31.7 Å². The number of furan rings is 1. The van der Waals surface area contributed by atoms with Gasteiger partial charge in [0, 0.05) is 25.6 Å². The fourth-order valence-corrected chi connectivity index (χ4v) is 4.66. The van der Waals surface area contributed by atoms with Gasteiger partial charge in [0.25, 0.3) is 5.91 Å². The molecule has 0 bridgehead atoms. The second-order valence-corrected chi connectivity index (χ2v) is 8.21. The number of carbonyl (C=O) groups excluding carboxylic acids is 2. The Balaban J connectivity index is 1.43. The van der Waals surface area contributed by atoms with Crippen molar-refractivity contribution in [2.45, 2.75) is 44.6 Å². The number of benzene rings is 1. The van der Waals surface area contributed by atoms with E-state index in [4.69, 9.17) is 9.15 Å². The molecule has 2 saturated heterocycles. The van der Waals surface area contributed by atoms with Gasteiger partial charge < -0.3 is 19.0 Å². The van der Waals surface area contributed by atoms with E-state index < -0.39 is 0 Å². The first-order valence-corrected chi connectivity index (χ1v) is 10.9. The van der Waals surface area contributed by atoms with E-state index in [-0.39, 0.29) is 23.8 Å². The zero-order chi connectivity index (χ0) is 20.9. The summed E-state index contributed by atoms with van der Waals surface area (Å²) < 4.78 is 10.5. The summed E-state index contributed by atoms with van der Waals surface area (Å²) in [5, 5.41) is 0.